The first-order valence-electron chi connectivity index (χ1n) is 8.62. The van der Waals surface area contributed by atoms with Crippen LogP contribution in [0.25, 0.3) is 6.08 Å². The van der Waals surface area contributed by atoms with E-state index in [-0.39, 0.29) is 24.9 Å². The van der Waals surface area contributed by atoms with Crippen molar-refractivity contribution in [3.8, 4) is 5.75 Å². The van der Waals surface area contributed by atoms with E-state index in [4.69, 9.17) is 14.6 Å². The molecule has 2 rings (SSSR count). The Morgan fingerprint density at radius 1 is 1.32 bits per heavy atom. The Morgan fingerprint density at radius 3 is 2.72 bits per heavy atom. The Hall–Kier alpha value is -2.34. The molecule has 1 aromatic carbocycles. The number of carbonyl (C=O) groups is 2. The van der Waals surface area contributed by atoms with Gasteiger partial charge in [-0.05, 0) is 31.9 Å². The van der Waals surface area contributed by atoms with Gasteiger partial charge in [0.1, 0.15) is 5.75 Å². The third-order valence-corrected chi connectivity index (χ3v) is 4.11. The van der Waals surface area contributed by atoms with Crippen LogP contribution in [-0.4, -0.2) is 54.3 Å². The molecule has 0 radical (unpaired) electrons. The van der Waals surface area contributed by atoms with Gasteiger partial charge in [0.2, 0.25) is 5.91 Å². The second-order valence-corrected chi connectivity index (χ2v) is 5.82. The zero-order valence-electron chi connectivity index (χ0n) is 14.5. The molecular formula is C19H25NO5. The van der Waals surface area contributed by atoms with Crippen LogP contribution >= 0.6 is 0 Å². The first-order valence-corrected chi connectivity index (χ1v) is 8.62. The lowest BCUT2D eigenvalue weighted by Gasteiger charge is -2.33. The van der Waals surface area contributed by atoms with Crippen LogP contribution in [-0.2, 0) is 14.3 Å². The number of hydrogen-bond donors (Lipinski definition) is 1. The van der Waals surface area contributed by atoms with Crippen molar-refractivity contribution < 1.29 is 24.2 Å². The van der Waals surface area contributed by atoms with E-state index in [0.717, 1.165) is 24.2 Å². The van der Waals surface area contributed by atoms with Gasteiger partial charge in [0.25, 0.3) is 0 Å². The van der Waals surface area contributed by atoms with E-state index in [1.54, 1.807) is 11.0 Å². The summed E-state index contributed by atoms with van der Waals surface area (Å²) in [6.45, 7) is 3.85. The maximum atomic E-state index is 12.7. The van der Waals surface area contributed by atoms with E-state index >= 15 is 0 Å². The quantitative estimate of drug-likeness (QED) is 0.732. The maximum absolute atomic E-state index is 12.7. The van der Waals surface area contributed by atoms with Crippen LogP contribution in [0.5, 0.6) is 5.75 Å². The number of hydrogen-bond acceptors (Lipinski definition) is 4. The zero-order valence-corrected chi connectivity index (χ0v) is 14.5. The summed E-state index contributed by atoms with van der Waals surface area (Å²) >= 11 is 0. The number of rotatable bonds is 8. The molecule has 0 aliphatic carbocycles. The lowest BCUT2D eigenvalue weighted by molar-refractivity contribution is -0.138. The molecule has 0 spiro atoms. The molecule has 1 fully saturated rings. The first kappa shape index (κ1) is 19.0. The number of para-hydroxylation sites is 1. The summed E-state index contributed by atoms with van der Waals surface area (Å²) in [4.78, 5) is 25.2. The lowest BCUT2D eigenvalue weighted by atomic mass is 10.1. The highest BCUT2D eigenvalue weighted by Gasteiger charge is 2.24. The molecule has 136 valence electrons. The van der Waals surface area contributed by atoms with Crippen molar-refractivity contribution in [1.82, 2.24) is 4.90 Å². The second kappa shape index (κ2) is 9.84. The Labute approximate surface area is 148 Å². The van der Waals surface area contributed by atoms with E-state index in [2.05, 4.69) is 0 Å². The smallest absolute Gasteiger partial charge is 0.305 e. The van der Waals surface area contributed by atoms with Crippen molar-refractivity contribution in [2.75, 3.05) is 26.4 Å². The average Bonchev–Trinajstić information content (AvgIpc) is 2.62. The van der Waals surface area contributed by atoms with E-state index in [1.165, 1.54) is 6.08 Å². The average molecular weight is 347 g/mol. The van der Waals surface area contributed by atoms with Crippen molar-refractivity contribution in [1.29, 1.82) is 0 Å². The number of amides is 1. The van der Waals surface area contributed by atoms with Crippen LogP contribution in [0.15, 0.2) is 30.3 Å². The molecule has 0 atom stereocenters. The largest absolute Gasteiger partial charge is 0.493 e. The van der Waals surface area contributed by atoms with Gasteiger partial charge in [-0.15, -0.1) is 0 Å². The number of carboxylic acid groups (broad SMARTS) is 1. The molecule has 0 saturated carbocycles. The topological polar surface area (TPSA) is 76.1 Å². The highest BCUT2D eigenvalue weighted by atomic mass is 16.5. The number of nitrogens with zero attached hydrogens (tertiary/aromatic N) is 1. The van der Waals surface area contributed by atoms with E-state index in [9.17, 15) is 9.59 Å². The fraction of sp³-hybridized carbons (Fsp3) is 0.474. The summed E-state index contributed by atoms with van der Waals surface area (Å²) < 4.78 is 10.9. The fourth-order valence-electron chi connectivity index (χ4n) is 2.85. The summed E-state index contributed by atoms with van der Waals surface area (Å²) in [6, 6.07) is 7.52. The van der Waals surface area contributed by atoms with Gasteiger partial charge in [-0.3, -0.25) is 9.59 Å². The number of carbonyl (C=O) groups excluding carboxylic acids is 1. The predicted molar refractivity (Wildman–Crippen MR) is 94.5 cm³/mol. The van der Waals surface area contributed by atoms with Crippen molar-refractivity contribution >= 4 is 18.0 Å². The number of carboxylic acids is 1. The molecule has 25 heavy (non-hydrogen) atoms. The van der Waals surface area contributed by atoms with Crippen LogP contribution in [0.1, 0.15) is 31.7 Å². The molecule has 6 heteroatoms. The molecule has 1 aliphatic rings. The normalized spacial score (nSPS) is 15.2. The minimum absolute atomic E-state index is 0.0207. The van der Waals surface area contributed by atoms with E-state index in [1.807, 2.05) is 31.2 Å². The number of ether oxygens (including phenoxy) is 2. The van der Waals surface area contributed by atoms with Gasteiger partial charge < -0.3 is 19.5 Å². The molecule has 1 saturated heterocycles. The van der Waals surface area contributed by atoms with Gasteiger partial charge in [-0.1, -0.05) is 18.2 Å². The fourth-order valence-corrected chi connectivity index (χ4v) is 2.85. The Balaban J connectivity index is 2.11. The van der Waals surface area contributed by atoms with Crippen LogP contribution < -0.4 is 4.74 Å². The Bertz CT molecular complexity index is 608. The second-order valence-electron chi connectivity index (χ2n) is 5.82. The van der Waals surface area contributed by atoms with E-state index in [0.29, 0.717) is 19.8 Å². The Kier molecular flexibility index (Phi) is 7.47. The van der Waals surface area contributed by atoms with Crippen LogP contribution in [0, 0.1) is 0 Å². The zero-order chi connectivity index (χ0) is 18.1. The highest BCUT2D eigenvalue weighted by molar-refractivity contribution is 5.92. The van der Waals surface area contributed by atoms with Gasteiger partial charge in [-0.25, -0.2) is 0 Å². The highest BCUT2D eigenvalue weighted by Crippen LogP contribution is 2.20. The van der Waals surface area contributed by atoms with Crippen molar-refractivity contribution in [3.05, 3.63) is 35.9 Å². The first-order chi connectivity index (χ1) is 12.1. The molecule has 1 aromatic rings. The monoisotopic (exact) mass is 347 g/mol. The third-order valence-electron chi connectivity index (χ3n) is 4.11. The Morgan fingerprint density at radius 2 is 2.04 bits per heavy atom. The molecule has 0 bridgehead atoms. The van der Waals surface area contributed by atoms with Crippen LogP contribution in [0.3, 0.4) is 0 Å². The molecule has 1 N–H and O–H groups in total. The lowest BCUT2D eigenvalue weighted by Crippen LogP contribution is -2.43. The van der Waals surface area contributed by atoms with Gasteiger partial charge in [0, 0.05) is 37.4 Å². The summed E-state index contributed by atoms with van der Waals surface area (Å²) in [5.41, 5.74) is 0.822. The van der Waals surface area contributed by atoms with Gasteiger partial charge in [0.15, 0.2) is 0 Å². The molecule has 0 unspecified atom stereocenters. The van der Waals surface area contributed by atoms with Crippen molar-refractivity contribution in [2.45, 2.75) is 32.2 Å². The van der Waals surface area contributed by atoms with Crippen molar-refractivity contribution in [3.63, 3.8) is 0 Å². The van der Waals surface area contributed by atoms with E-state index < -0.39 is 5.97 Å². The maximum Gasteiger partial charge on any atom is 0.305 e. The molecule has 0 aromatic heterocycles. The molecule has 1 heterocycles. The standard InChI is InChI=1S/C19H25NO5/c1-2-25-17-6-4-3-5-15(17)7-8-18(21)20(12-9-19(22)23)16-10-13-24-14-11-16/h3-8,16H,2,9-14H2,1H3,(H,22,23). The number of benzene rings is 1. The summed E-state index contributed by atoms with van der Waals surface area (Å²) in [5, 5.41) is 8.95. The molecular weight excluding hydrogens is 322 g/mol. The predicted octanol–water partition coefficient (Wildman–Crippen LogP) is 2.58. The van der Waals surface area contributed by atoms with Crippen molar-refractivity contribution in [2.24, 2.45) is 0 Å². The van der Waals surface area contributed by atoms with Gasteiger partial charge in [0.05, 0.1) is 13.0 Å². The summed E-state index contributed by atoms with van der Waals surface area (Å²) in [7, 11) is 0. The third kappa shape index (κ3) is 5.90. The van der Waals surface area contributed by atoms with Crippen LogP contribution in [0.2, 0.25) is 0 Å². The minimum atomic E-state index is -0.907. The molecule has 6 nitrogen and oxygen atoms in total. The van der Waals surface area contributed by atoms with Gasteiger partial charge in [-0.2, -0.15) is 0 Å². The van der Waals surface area contributed by atoms with Crippen LogP contribution in [0.4, 0.5) is 0 Å². The minimum Gasteiger partial charge on any atom is -0.493 e. The number of aliphatic carboxylic acids is 1. The van der Waals surface area contributed by atoms with Gasteiger partial charge >= 0.3 is 5.97 Å². The SMILES string of the molecule is CCOc1ccccc1C=CC(=O)N(CCC(=O)O)C1CCOCC1. The molecule has 1 amide bonds. The summed E-state index contributed by atoms with van der Waals surface area (Å²) in [5.74, 6) is -0.368. The summed E-state index contributed by atoms with van der Waals surface area (Å²) in [6.07, 6.45) is 4.62. The molecule has 1 aliphatic heterocycles.